The van der Waals surface area contributed by atoms with E-state index in [4.69, 9.17) is 0 Å². The summed E-state index contributed by atoms with van der Waals surface area (Å²) in [5.74, 6) is 0.196. The molecule has 0 aromatic carbocycles. The lowest BCUT2D eigenvalue weighted by molar-refractivity contribution is 0.611. The number of hydrogen-bond donors (Lipinski definition) is 0. The molecule has 0 bridgehead atoms. The molecule has 1 aromatic rings. The summed E-state index contributed by atoms with van der Waals surface area (Å²) in [5, 5.41) is 0. The summed E-state index contributed by atoms with van der Waals surface area (Å²) in [6.45, 7) is 5.71. The molecule has 2 nitrogen and oxygen atoms in total. The van der Waals surface area contributed by atoms with Gasteiger partial charge in [-0.1, -0.05) is 13.8 Å². The molecule has 0 saturated carbocycles. The highest BCUT2D eigenvalue weighted by Gasteiger charge is 1.86. The molecule has 0 aliphatic heterocycles. The van der Waals surface area contributed by atoms with Crippen molar-refractivity contribution < 1.29 is 4.39 Å². The second-order valence-corrected chi connectivity index (χ2v) is 1.45. The average Bonchev–Trinajstić information content (AvgIpc) is 2.00. The van der Waals surface area contributed by atoms with E-state index in [0.29, 0.717) is 5.82 Å². The van der Waals surface area contributed by atoms with E-state index in [0.717, 1.165) is 12.4 Å². The van der Waals surface area contributed by atoms with Gasteiger partial charge < -0.3 is 0 Å². The summed E-state index contributed by atoms with van der Waals surface area (Å²) in [4.78, 5) is 7.19. The SMILES string of the molecule is CC.Cc1ncc(F)cn1. The number of hydrogen-bond acceptors (Lipinski definition) is 2. The van der Waals surface area contributed by atoms with E-state index in [1.165, 1.54) is 0 Å². The first kappa shape index (κ1) is 9.01. The molecule has 10 heavy (non-hydrogen) atoms. The smallest absolute Gasteiger partial charge is 0.159 e. The molecule has 1 rings (SSSR count). The molecule has 0 N–H and O–H groups in total. The Hall–Kier alpha value is -0.990. The monoisotopic (exact) mass is 142 g/mol. The van der Waals surface area contributed by atoms with Gasteiger partial charge in [-0.25, -0.2) is 14.4 Å². The highest BCUT2D eigenvalue weighted by atomic mass is 19.1. The zero-order chi connectivity index (χ0) is 7.98. The highest BCUT2D eigenvalue weighted by molar-refractivity contribution is 4.87. The maximum absolute atomic E-state index is 12.0. The Bertz CT molecular complexity index is 150. The normalized spacial score (nSPS) is 8.00. The molecule has 0 fully saturated rings. The van der Waals surface area contributed by atoms with Gasteiger partial charge in [-0.15, -0.1) is 0 Å². The Labute approximate surface area is 60.1 Å². The van der Waals surface area contributed by atoms with Gasteiger partial charge in [0.15, 0.2) is 5.82 Å². The van der Waals surface area contributed by atoms with Crippen molar-refractivity contribution in [1.82, 2.24) is 9.97 Å². The summed E-state index contributed by atoms with van der Waals surface area (Å²) in [6.07, 6.45) is 2.28. The molecule has 0 amide bonds. The Morgan fingerprint density at radius 1 is 1.20 bits per heavy atom. The van der Waals surface area contributed by atoms with Gasteiger partial charge >= 0.3 is 0 Å². The largest absolute Gasteiger partial charge is 0.239 e. The fraction of sp³-hybridized carbons (Fsp3) is 0.429. The van der Waals surface area contributed by atoms with Crippen LogP contribution in [0.25, 0.3) is 0 Å². The quantitative estimate of drug-likeness (QED) is 0.553. The van der Waals surface area contributed by atoms with Crippen LogP contribution < -0.4 is 0 Å². The van der Waals surface area contributed by atoms with Crippen molar-refractivity contribution in [3.05, 3.63) is 24.0 Å². The molecule has 0 atom stereocenters. The summed E-state index contributed by atoms with van der Waals surface area (Å²) in [7, 11) is 0. The second-order valence-electron chi connectivity index (χ2n) is 1.45. The van der Waals surface area contributed by atoms with E-state index in [9.17, 15) is 4.39 Å². The lowest BCUT2D eigenvalue weighted by atomic mass is 10.6. The van der Waals surface area contributed by atoms with Crippen LogP contribution in [0.15, 0.2) is 12.4 Å². The van der Waals surface area contributed by atoms with Crippen molar-refractivity contribution in [2.45, 2.75) is 20.8 Å². The predicted octanol–water partition coefficient (Wildman–Crippen LogP) is 1.95. The lowest BCUT2D eigenvalue weighted by Gasteiger charge is -1.85. The molecular weight excluding hydrogens is 131 g/mol. The van der Waals surface area contributed by atoms with Crippen LogP contribution in [-0.4, -0.2) is 9.97 Å². The topological polar surface area (TPSA) is 25.8 Å². The molecule has 0 spiro atoms. The van der Waals surface area contributed by atoms with Crippen LogP contribution in [0, 0.1) is 12.7 Å². The fourth-order valence-electron chi connectivity index (χ4n) is 0.377. The average molecular weight is 142 g/mol. The van der Waals surface area contributed by atoms with Crippen molar-refractivity contribution in [1.29, 1.82) is 0 Å². The maximum Gasteiger partial charge on any atom is 0.159 e. The molecule has 0 aliphatic carbocycles. The number of rotatable bonds is 0. The molecule has 0 saturated heterocycles. The van der Waals surface area contributed by atoms with Crippen LogP contribution >= 0.6 is 0 Å². The van der Waals surface area contributed by atoms with E-state index < -0.39 is 5.82 Å². The molecule has 3 heteroatoms. The Kier molecular flexibility index (Phi) is 4.37. The van der Waals surface area contributed by atoms with Crippen molar-refractivity contribution >= 4 is 0 Å². The van der Waals surface area contributed by atoms with Crippen molar-refractivity contribution in [3.8, 4) is 0 Å². The third-order valence-electron chi connectivity index (χ3n) is 0.749. The summed E-state index contributed by atoms with van der Waals surface area (Å²) < 4.78 is 12.0. The van der Waals surface area contributed by atoms with Crippen LogP contribution in [0.2, 0.25) is 0 Å². The summed E-state index contributed by atoms with van der Waals surface area (Å²) >= 11 is 0. The van der Waals surface area contributed by atoms with Crippen LogP contribution in [-0.2, 0) is 0 Å². The van der Waals surface area contributed by atoms with Crippen LogP contribution in [0.4, 0.5) is 4.39 Å². The minimum Gasteiger partial charge on any atom is -0.239 e. The van der Waals surface area contributed by atoms with Crippen LogP contribution in [0.1, 0.15) is 19.7 Å². The van der Waals surface area contributed by atoms with Crippen LogP contribution in [0.3, 0.4) is 0 Å². The Balaban J connectivity index is 0.000000371. The lowest BCUT2D eigenvalue weighted by Crippen LogP contribution is -1.85. The van der Waals surface area contributed by atoms with Gasteiger partial charge in [0.25, 0.3) is 0 Å². The predicted molar refractivity (Wildman–Crippen MR) is 38.1 cm³/mol. The molecule has 0 aliphatic rings. The first-order valence-electron chi connectivity index (χ1n) is 3.23. The molecule has 1 aromatic heterocycles. The van der Waals surface area contributed by atoms with Crippen LogP contribution in [0.5, 0.6) is 0 Å². The van der Waals surface area contributed by atoms with E-state index in [1.54, 1.807) is 6.92 Å². The second kappa shape index (κ2) is 4.85. The molecule has 0 unspecified atom stereocenters. The van der Waals surface area contributed by atoms with Gasteiger partial charge in [-0.05, 0) is 6.92 Å². The third-order valence-corrected chi connectivity index (χ3v) is 0.749. The van der Waals surface area contributed by atoms with Crippen molar-refractivity contribution in [2.75, 3.05) is 0 Å². The number of aromatic nitrogens is 2. The van der Waals surface area contributed by atoms with Gasteiger partial charge in [-0.2, -0.15) is 0 Å². The van der Waals surface area contributed by atoms with Gasteiger partial charge in [0.2, 0.25) is 0 Å². The van der Waals surface area contributed by atoms with E-state index in [2.05, 4.69) is 9.97 Å². The van der Waals surface area contributed by atoms with E-state index in [-0.39, 0.29) is 0 Å². The van der Waals surface area contributed by atoms with Gasteiger partial charge in [0, 0.05) is 0 Å². The minimum absolute atomic E-state index is 0.393. The van der Waals surface area contributed by atoms with Gasteiger partial charge in [-0.3, -0.25) is 0 Å². The highest BCUT2D eigenvalue weighted by Crippen LogP contribution is 1.89. The Morgan fingerprint density at radius 2 is 1.60 bits per heavy atom. The van der Waals surface area contributed by atoms with E-state index in [1.807, 2.05) is 13.8 Å². The van der Waals surface area contributed by atoms with Crippen molar-refractivity contribution in [2.24, 2.45) is 0 Å². The zero-order valence-corrected chi connectivity index (χ0v) is 6.43. The Morgan fingerprint density at radius 3 is 1.90 bits per heavy atom. The number of aryl methyl sites for hydroxylation is 1. The molecule has 56 valence electrons. The van der Waals surface area contributed by atoms with E-state index >= 15 is 0 Å². The molecular formula is C7H11FN2. The molecule has 0 radical (unpaired) electrons. The summed E-state index contributed by atoms with van der Waals surface area (Å²) in [6, 6.07) is 0. The first-order valence-corrected chi connectivity index (χ1v) is 3.23. The first-order chi connectivity index (χ1) is 4.79. The zero-order valence-electron chi connectivity index (χ0n) is 6.43. The maximum atomic E-state index is 12.0. The molecule has 1 heterocycles. The fourth-order valence-corrected chi connectivity index (χ4v) is 0.377. The minimum atomic E-state index is -0.393. The van der Waals surface area contributed by atoms with Gasteiger partial charge in [0.05, 0.1) is 12.4 Å². The van der Waals surface area contributed by atoms with Gasteiger partial charge in [0.1, 0.15) is 5.82 Å². The third kappa shape index (κ3) is 3.12. The standard InChI is InChI=1S/C5H5FN2.C2H6/c1-4-7-2-5(6)3-8-4;1-2/h2-3H,1H3;1-2H3. The summed E-state index contributed by atoms with van der Waals surface area (Å²) in [5.41, 5.74) is 0. The number of halogens is 1. The number of nitrogens with zero attached hydrogens (tertiary/aromatic N) is 2. The van der Waals surface area contributed by atoms with Crippen molar-refractivity contribution in [3.63, 3.8) is 0 Å².